The van der Waals surface area contributed by atoms with Gasteiger partial charge in [-0.1, -0.05) is 61.5 Å². The number of anilines is 1. The fourth-order valence-corrected chi connectivity index (χ4v) is 4.01. The molecule has 0 saturated heterocycles. The molecule has 0 aliphatic heterocycles. The summed E-state index contributed by atoms with van der Waals surface area (Å²) in [7, 11) is 0. The van der Waals surface area contributed by atoms with Gasteiger partial charge in [0.05, 0.1) is 12.2 Å². The summed E-state index contributed by atoms with van der Waals surface area (Å²) < 4.78 is 6.46. The highest BCUT2D eigenvalue weighted by atomic mass is 32.1. The zero-order chi connectivity index (χ0) is 24.8. The van der Waals surface area contributed by atoms with Crippen LogP contribution in [0.3, 0.4) is 0 Å². The monoisotopic (exact) mass is 488 g/mol. The number of nitrogens with one attached hydrogen (secondary N) is 1. The molecule has 2 aromatic heterocycles. The molecule has 1 amide bonds. The average Bonchev–Trinajstić information content (AvgIpc) is 3.34. The van der Waals surface area contributed by atoms with Gasteiger partial charge in [0, 0.05) is 17.0 Å². The van der Waals surface area contributed by atoms with Crippen LogP contribution >= 0.6 is 11.3 Å². The Hall–Kier alpha value is -4.11. The lowest BCUT2D eigenvalue weighted by Gasteiger charge is -2.12. The van der Waals surface area contributed by atoms with E-state index in [1.807, 2.05) is 60.0 Å². The van der Waals surface area contributed by atoms with Crippen molar-refractivity contribution >= 4 is 28.3 Å². The second-order valence-corrected chi connectivity index (χ2v) is 8.68. The first-order chi connectivity index (χ1) is 16.9. The van der Waals surface area contributed by atoms with Gasteiger partial charge in [-0.15, -0.1) is 11.3 Å². The van der Waals surface area contributed by atoms with Gasteiger partial charge in [-0.3, -0.25) is 14.9 Å². The molecule has 0 radical (unpaired) electrons. The van der Waals surface area contributed by atoms with Crippen LogP contribution in [-0.4, -0.2) is 32.7 Å². The number of nitrogens with zero attached hydrogens (tertiary/aromatic N) is 3. The van der Waals surface area contributed by atoms with Crippen LogP contribution in [0.1, 0.15) is 35.5 Å². The lowest BCUT2D eigenvalue weighted by molar-refractivity contribution is -0.123. The van der Waals surface area contributed by atoms with Gasteiger partial charge in [0.1, 0.15) is 0 Å². The van der Waals surface area contributed by atoms with E-state index in [9.17, 15) is 14.4 Å². The first kappa shape index (κ1) is 24.0. The summed E-state index contributed by atoms with van der Waals surface area (Å²) >= 11 is 1.29. The summed E-state index contributed by atoms with van der Waals surface area (Å²) in [5, 5.41) is 9.04. The van der Waals surface area contributed by atoms with Crippen molar-refractivity contribution < 1.29 is 14.3 Å². The van der Waals surface area contributed by atoms with Gasteiger partial charge >= 0.3 is 5.97 Å². The topological polar surface area (TPSA) is 103 Å². The number of ether oxygens (including phenoxy) is 1. The number of carbonyl (C=O) groups is 2. The molecule has 2 heterocycles. The van der Waals surface area contributed by atoms with Crippen molar-refractivity contribution in [1.29, 1.82) is 0 Å². The maximum atomic E-state index is 12.6. The summed E-state index contributed by atoms with van der Waals surface area (Å²) in [5.74, 6) is -1.32. The molecule has 35 heavy (non-hydrogen) atoms. The molecule has 1 N–H and O–H groups in total. The number of rotatable bonds is 8. The molecule has 1 atom stereocenters. The summed E-state index contributed by atoms with van der Waals surface area (Å²) in [5.41, 5.74) is 3.40. The molecule has 0 unspecified atom stereocenters. The molecular formula is C26H24N4O4S. The van der Waals surface area contributed by atoms with Crippen molar-refractivity contribution in [2.24, 2.45) is 0 Å². The first-order valence-electron chi connectivity index (χ1n) is 11.1. The smallest absolute Gasteiger partial charge is 0.359 e. The second-order valence-electron chi connectivity index (χ2n) is 7.83. The van der Waals surface area contributed by atoms with Crippen LogP contribution in [0.5, 0.6) is 0 Å². The first-order valence-corrected chi connectivity index (χ1v) is 12.0. The number of carbonyl (C=O) groups excluding carboxylic acids is 2. The largest absolute Gasteiger partial charge is 0.448 e. The number of aromatic nitrogens is 3. The number of hydrogen-bond acceptors (Lipinski definition) is 7. The quantitative estimate of drug-likeness (QED) is 0.374. The van der Waals surface area contributed by atoms with Crippen LogP contribution in [0.15, 0.2) is 76.9 Å². The summed E-state index contributed by atoms with van der Waals surface area (Å²) in [4.78, 5) is 41.7. The zero-order valence-corrected chi connectivity index (χ0v) is 20.1. The number of esters is 1. The Balaban J connectivity index is 1.38. The maximum Gasteiger partial charge on any atom is 0.359 e. The number of thiazole rings is 1. The standard InChI is InChI=1S/C26H24N4O4S/c1-3-18-9-11-20(12-10-18)22-16-35-26(27-22)28-24(32)17(2)34-25(33)21-13-14-23(31)30(29-21)15-19-7-5-4-6-8-19/h4-14,16-17H,3,15H2,1-2H3,(H,27,28,32)/t17-/m0/s1. The van der Waals surface area contributed by atoms with E-state index in [0.29, 0.717) is 5.13 Å². The highest BCUT2D eigenvalue weighted by Crippen LogP contribution is 2.25. The maximum absolute atomic E-state index is 12.6. The normalized spacial score (nSPS) is 11.6. The Labute approximate surface area is 206 Å². The van der Waals surface area contributed by atoms with Crippen LogP contribution < -0.4 is 10.9 Å². The minimum Gasteiger partial charge on any atom is -0.448 e. The Morgan fingerprint density at radius 2 is 1.77 bits per heavy atom. The molecule has 4 rings (SSSR count). The molecule has 4 aromatic rings. The third-order valence-corrected chi connectivity index (χ3v) is 6.05. The van der Waals surface area contributed by atoms with E-state index in [-0.39, 0.29) is 17.8 Å². The van der Waals surface area contributed by atoms with Gasteiger partial charge in [-0.2, -0.15) is 5.10 Å². The van der Waals surface area contributed by atoms with Crippen LogP contribution in [-0.2, 0) is 22.5 Å². The van der Waals surface area contributed by atoms with Crippen molar-refractivity contribution in [2.75, 3.05) is 5.32 Å². The van der Waals surface area contributed by atoms with E-state index in [0.717, 1.165) is 23.2 Å². The molecule has 0 aliphatic carbocycles. The van der Waals surface area contributed by atoms with Crippen molar-refractivity contribution in [3.8, 4) is 11.3 Å². The fourth-order valence-electron chi connectivity index (χ4n) is 3.28. The minimum absolute atomic E-state index is 0.0627. The van der Waals surface area contributed by atoms with Crippen molar-refractivity contribution in [2.45, 2.75) is 32.9 Å². The number of aryl methyl sites for hydroxylation is 1. The van der Waals surface area contributed by atoms with Gasteiger partial charge in [0.2, 0.25) is 0 Å². The Bertz CT molecular complexity index is 1380. The zero-order valence-electron chi connectivity index (χ0n) is 19.3. The van der Waals surface area contributed by atoms with E-state index in [1.54, 1.807) is 0 Å². The molecule has 0 aliphatic rings. The lowest BCUT2D eigenvalue weighted by atomic mass is 10.1. The SMILES string of the molecule is CCc1ccc(-c2csc(NC(=O)[C@H](C)OC(=O)c3ccc(=O)n(Cc4ccccc4)n3)n2)cc1. The minimum atomic E-state index is -1.09. The van der Waals surface area contributed by atoms with Gasteiger partial charge in [-0.05, 0) is 30.5 Å². The van der Waals surface area contributed by atoms with Crippen LogP contribution in [0.4, 0.5) is 5.13 Å². The van der Waals surface area contributed by atoms with Crippen LogP contribution in [0.25, 0.3) is 11.3 Å². The summed E-state index contributed by atoms with van der Waals surface area (Å²) in [6, 6.07) is 19.9. The number of benzene rings is 2. The summed E-state index contributed by atoms with van der Waals surface area (Å²) in [6.45, 7) is 3.77. The molecule has 8 nitrogen and oxygen atoms in total. The van der Waals surface area contributed by atoms with Gasteiger partial charge in [0.25, 0.3) is 11.5 Å². The molecule has 178 valence electrons. The van der Waals surface area contributed by atoms with E-state index in [1.165, 1.54) is 40.6 Å². The predicted molar refractivity (Wildman–Crippen MR) is 134 cm³/mol. The Morgan fingerprint density at radius 1 is 1.03 bits per heavy atom. The van der Waals surface area contributed by atoms with Gasteiger partial charge in [0.15, 0.2) is 16.9 Å². The molecule has 0 spiro atoms. The van der Waals surface area contributed by atoms with E-state index < -0.39 is 18.0 Å². The van der Waals surface area contributed by atoms with E-state index in [4.69, 9.17) is 4.74 Å². The van der Waals surface area contributed by atoms with Crippen LogP contribution in [0.2, 0.25) is 0 Å². The van der Waals surface area contributed by atoms with E-state index in [2.05, 4.69) is 22.3 Å². The highest BCUT2D eigenvalue weighted by molar-refractivity contribution is 7.14. The third kappa shape index (κ3) is 6.07. The molecular weight excluding hydrogens is 464 g/mol. The van der Waals surface area contributed by atoms with Gasteiger partial charge in [-0.25, -0.2) is 14.5 Å². The average molecular weight is 489 g/mol. The molecule has 0 saturated carbocycles. The molecule has 0 bridgehead atoms. The second kappa shape index (κ2) is 10.9. The van der Waals surface area contributed by atoms with Crippen molar-refractivity contribution in [3.63, 3.8) is 0 Å². The Kier molecular flexibility index (Phi) is 7.47. The predicted octanol–water partition coefficient (Wildman–Crippen LogP) is 4.16. The highest BCUT2D eigenvalue weighted by Gasteiger charge is 2.21. The van der Waals surface area contributed by atoms with Crippen molar-refractivity contribution in [3.05, 3.63) is 99.3 Å². The van der Waals surface area contributed by atoms with E-state index >= 15 is 0 Å². The Morgan fingerprint density at radius 3 is 2.49 bits per heavy atom. The van der Waals surface area contributed by atoms with Crippen molar-refractivity contribution in [1.82, 2.24) is 14.8 Å². The molecule has 0 fully saturated rings. The number of amides is 1. The molecule has 2 aromatic carbocycles. The summed E-state index contributed by atoms with van der Waals surface area (Å²) in [6.07, 6.45) is -0.131. The fraction of sp³-hybridized carbons (Fsp3) is 0.192. The third-order valence-electron chi connectivity index (χ3n) is 5.30. The van der Waals surface area contributed by atoms with Gasteiger partial charge < -0.3 is 4.74 Å². The number of hydrogen-bond donors (Lipinski definition) is 1. The molecule has 9 heteroatoms. The lowest BCUT2D eigenvalue weighted by Crippen LogP contribution is -2.31. The van der Waals surface area contributed by atoms with Crippen LogP contribution in [0, 0.1) is 0 Å².